The molecule has 0 bridgehead atoms. The lowest BCUT2D eigenvalue weighted by Gasteiger charge is -2.21. The van der Waals surface area contributed by atoms with Crippen molar-refractivity contribution in [1.82, 2.24) is 5.32 Å². The van der Waals surface area contributed by atoms with Crippen LogP contribution in [-0.4, -0.2) is 19.0 Å². The van der Waals surface area contributed by atoms with Crippen LogP contribution in [0.15, 0.2) is 27.7 Å². The number of hydrogen-bond acceptors (Lipinski definition) is 3. The number of aliphatic imine (C=N–C) groups is 1. The molecule has 1 aromatic rings. The predicted molar refractivity (Wildman–Crippen MR) is 76.8 cm³/mol. The Morgan fingerprint density at radius 3 is 2.71 bits per heavy atom. The SMILES string of the molecule is CC(C)(C)c1ccc(Br)c(NC2=NCCN2)c1. The number of nitrogens with one attached hydrogen (secondary N) is 2. The molecule has 1 aliphatic heterocycles. The summed E-state index contributed by atoms with van der Waals surface area (Å²) in [5.74, 6) is 0.858. The molecule has 0 radical (unpaired) electrons. The van der Waals surface area contributed by atoms with E-state index in [0.29, 0.717) is 0 Å². The summed E-state index contributed by atoms with van der Waals surface area (Å²) in [4.78, 5) is 4.34. The molecule has 2 rings (SSSR count). The van der Waals surface area contributed by atoms with Crippen molar-refractivity contribution in [3.05, 3.63) is 28.2 Å². The topological polar surface area (TPSA) is 36.4 Å². The number of hydrogen-bond donors (Lipinski definition) is 2. The number of benzene rings is 1. The quantitative estimate of drug-likeness (QED) is 0.835. The Labute approximate surface area is 111 Å². The Hall–Kier alpha value is -1.03. The maximum absolute atomic E-state index is 4.34. The smallest absolute Gasteiger partial charge is 0.195 e. The number of halogens is 1. The highest BCUT2D eigenvalue weighted by Crippen LogP contribution is 2.30. The van der Waals surface area contributed by atoms with Gasteiger partial charge >= 0.3 is 0 Å². The minimum atomic E-state index is 0.155. The Morgan fingerprint density at radius 2 is 2.12 bits per heavy atom. The van der Waals surface area contributed by atoms with E-state index in [1.807, 2.05) is 0 Å². The van der Waals surface area contributed by atoms with Crippen molar-refractivity contribution in [3.8, 4) is 0 Å². The fraction of sp³-hybridized carbons (Fsp3) is 0.462. The number of anilines is 1. The first-order valence-electron chi connectivity index (χ1n) is 5.82. The fourth-order valence-corrected chi connectivity index (χ4v) is 2.04. The van der Waals surface area contributed by atoms with Gasteiger partial charge in [0, 0.05) is 11.0 Å². The van der Waals surface area contributed by atoms with Crippen LogP contribution < -0.4 is 10.6 Å². The summed E-state index contributed by atoms with van der Waals surface area (Å²) in [6.07, 6.45) is 0. The van der Waals surface area contributed by atoms with Crippen LogP contribution >= 0.6 is 15.9 Å². The summed E-state index contributed by atoms with van der Waals surface area (Å²) in [5, 5.41) is 6.52. The van der Waals surface area contributed by atoms with E-state index in [2.05, 4.69) is 70.5 Å². The molecule has 4 heteroatoms. The third kappa shape index (κ3) is 3.00. The molecule has 0 saturated carbocycles. The van der Waals surface area contributed by atoms with Crippen LogP contribution in [0.4, 0.5) is 5.69 Å². The van der Waals surface area contributed by atoms with E-state index < -0.39 is 0 Å². The van der Waals surface area contributed by atoms with Crippen LogP contribution in [-0.2, 0) is 5.41 Å². The lowest BCUT2D eigenvalue weighted by Crippen LogP contribution is -2.26. The molecule has 0 saturated heterocycles. The molecule has 0 aliphatic carbocycles. The molecular formula is C13H18BrN3. The van der Waals surface area contributed by atoms with Crippen molar-refractivity contribution in [2.45, 2.75) is 26.2 Å². The van der Waals surface area contributed by atoms with Gasteiger partial charge in [-0.1, -0.05) is 26.8 Å². The second kappa shape index (κ2) is 4.69. The molecule has 0 aromatic heterocycles. The average Bonchev–Trinajstić information content (AvgIpc) is 2.72. The molecule has 3 nitrogen and oxygen atoms in total. The van der Waals surface area contributed by atoms with E-state index in [1.54, 1.807) is 0 Å². The molecule has 1 aromatic carbocycles. The maximum Gasteiger partial charge on any atom is 0.195 e. The van der Waals surface area contributed by atoms with E-state index in [0.717, 1.165) is 29.2 Å². The summed E-state index contributed by atoms with van der Waals surface area (Å²) in [6.45, 7) is 8.40. The Bertz CT molecular complexity index is 446. The normalized spacial score (nSPS) is 15.4. The summed E-state index contributed by atoms with van der Waals surface area (Å²) in [5.41, 5.74) is 2.52. The molecule has 0 fully saturated rings. The zero-order valence-corrected chi connectivity index (χ0v) is 12.1. The Balaban J connectivity index is 2.26. The zero-order chi connectivity index (χ0) is 12.5. The van der Waals surface area contributed by atoms with Gasteiger partial charge in [0.05, 0.1) is 12.2 Å². The third-order valence-electron chi connectivity index (χ3n) is 2.76. The molecule has 1 heterocycles. The lowest BCUT2D eigenvalue weighted by atomic mass is 9.87. The molecule has 1 aliphatic rings. The van der Waals surface area contributed by atoms with E-state index in [-0.39, 0.29) is 5.41 Å². The number of guanidine groups is 1. The first-order valence-corrected chi connectivity index (χ1v) is 6.61. The van der Waals surface area contributed by atoms with Gasteiger partial charge in [-0.15, -0.1) is 0 Å². The predicted octanol–water partition coefficient (Wildman–Crippen LogP) is 3.12. The maximum atomic E-state index is 4.34. The van der Waals surface area contributed by atoms with Gasteiger partial charge in [0.25, 0.3) is 0 Å². The van der Waals surface area contributed by atoms with Crippen molar-refractivity contribution < 1.29 is 0 Å². The van der Waals surface area contributed by atoms with Gasteiger partial charge in [-0.2, -0.15) is 0 Å². The zero-order valence-electron chi connectivity index (χ0n) is 10.5. The van der Waals surface area contributed by atoms with Crippen molar-refractivity contribution in [2.24, 2.45) is 4.99 Å². The minimum Gasteiger partial charge on any atom is -0.354 e. The molecule has 0 spiro atoms. The number of nitrogens with zero attached hydrogens (tertiary/aromatic N) is 1. The van der Waals surface area contributed by atoms with Gasteiger partial charge < -0.3 is 10.6 Å². The summed E-state index contributed by atoms with van der Waals surface area (Å²) >= 11 is 3.56. The highest BCUT2D eigenvalue weighted by molar-refractivity contribution is 9.10. The highest BCUT2D eigenvalue weighted by atomic mass is 79.9. The van der Waals surface area contributed by atoms with Crippen LogP contribution in [0.25, 0.3) is 0 Å². The van der Waals surface area contributed by atoms with Gasteiger partial charge in [-0.05, 0) is 39.0 Å². The standard InChI is InChI=1S/C13H18BrN3/c1-13(2,3)9-4-5-10(14)11(8-9)17-12-15-6-7-16-12/h4-5,8H,6-7H2,1-3H3,(H2,15,16,17). The molecule has 0 unspecified atom stereocenters. The number of rotatable bonds is 1. The molecule has 0 amide bonds. The molecular weight excluding hydrogens is 278 g/mol. The fourth-order valence-electron chi connectivity index (χ4n) is 1.70. The lowest BCUT2D eigenvalue weighted by molar-refractivity contribution is 0.590. The molecule has 17 heavy (non-hydrogen) atoms. The largest absolute Gasteiger partial charge is 0.354 e. The molecule has 92 valence electrons. The van der Waals surface area contributed by atoms with Crippen LogP contribution in [0.5, 0.6) is 0 Å². The summed E-state index contributed by atoms with van der Waals surface area (Å²) in [6, 6.07) is 6.41. The highest BCUT2D eigenvalue weighted by Gasteiger charge is 2.16. The van der Waals surface area contributed by atoms with Crippen molar-refractivity contribution in [3.63, 3.8) is 0 Å². The van der Waals surface area contributed by atoms with E-state index in [1.165, 1.54) is 5.56 Å². The first kappa shape index (κ1) is 12.4. The molecule has 2 N–H and O–H groups in total. The van der Waals surface area contributed by atoms with E-state index in [9.17, 15) is 0 Å². The Morgan fingerprint density at radius 1 is 1.35 bits per heavy atom. The second-order valence-corrected chi connectivity index (χ2v) is 6.08. The third-order valence-corrected chi connectivity index (χ3v) is 3.45. The minimum absolute atomic E-state index is 0.155. The monoisotopic (exact) mass is 295 g/mol. The van der Waals surface area contributed by atoms with Gasteiger partial charge in [0.2, 0.25) is 0 Å². The summed E-state index contributed by atoms with van der Waals surface area (Å²) < 4.78 is 1.06. The van der Waals surface area contributed by atoms with Gasteiger partial charge in [0.15, 0.2) is 5.96 Å². The van der Waals surface area contributed by atoms with E-state index >= 15 is 0 Å². The average molecular weight is 296 g/mol. The summed E-state index contributed by atoms with van der Waals surface area (Å²) in [7, 11) is 0. The van der Waals surface area contributed by atoms with Gasteiger partial charge in [-0.3, -0.25) is 4.99 Å². The van der Waals surface area contributed by atoms with Crippen LogP contribution in [0, 0.1) is 0 Å². The van der Waals surface area contributed by atoms with Crippen LogP contribution in [0.2, 0.25) is 0 Å². The van der Waals surface area contributed by atoms with Crippen LogP contribution in [0.1, 0.15) is 26.3 Å². The van der Waals surface area contributed by atoms with Crippen molar-refractivity contribution in [2.75, 3.05) is 18.4 Å². The van der Waals surface area contributed by atoms with Crippen molar-refractivity contribution >= 4 is 27.6 Å². The Kier molecular flexibility index (Phi) is 3.43. The van der Waals surface area contributed by atoms with Crippen LogP contribution in [0.3, 0.4) is 0 Å². The van der Waals surface area contributed by atoms with Crippen molar-refractivity contribution in [1.29, 1.82) is 0 Å². The van der Waals surface area contributed by atoms with Gasteiger partial charge in [-0.25, -0.2) is 0 Å². The molecule has 0 atom stereocenters. The van der Waals surface area contributed by atoms with Gasteiger partial charge in [0.1, 0.15) is 0 Å². The first-order chi connectivity index (χ1) is 7.97. The second-order valence-electron chi connectivity index (χ2n) is 5.23. The van der Waals surface area contributed by atoms with E-state index in [4.69, 9.17) is 0 Å².